The molecular formula is C28H33ClN4O5S2+2. The number of hydrogen-bond acceptors (Lipinski definition) is 9. The van der Waals surface area contributed by atoms with Gasteiger partial charge in [0.2, 0.25) is 17.0 Å². The lowest BCUT2D eigenvalue weighted by atomic mass is 10.2. The van der Waals surface area contributed by atoms with Crippen molar-refractivity contribution >= 4 is 40.5 Å². The van der Waals surface area contributed by atoms with Gasteiger partial charge in [-0.1, -0.05) is 41.6 Å². The van der Waals surface area contributed by atoms with Crippen molar-refractivity contribution < 1.29 is 23.3 Å². The number of ether oxygens (including phenoxy) is 2. The Labute approximate surface area is 246 Å². The quantitative estimate of drug-likeness (QED) is 0.212. The average Bonchev–Trinajstić information content (AvgIpc) is 3.60. The fourth-order valence-corrected chi connectivity index (χ4v) is 7.18. The normalized spacial score (nSPS) is 23.9. The van der Waals surface area contributed by atoms with Crippen LogP contribution < -0.4 is 5.01 Å². The van der Waals surface area contributed by atoms with Crippen LogP contribution in [0.3, 0.4) is 0 Å². The Morgan fingerprint density at radius 2 is 1.90 bits per heavy atom. The Bertz CT molecular complexity index is 1290. The molecule has 3 fully saturated rings. The van der Waals surface area contributed by atoms with E-state index >= 15 is 0 Å². The van der Waals surface area contributed by atoms with E-state index in [1.807, 2.05) is 41.4 Å². The zero-order chi connectivity index (χ0) is 27.5. The highest BCUT2D eigenvalue weighted by Gasteiger charge is 2.57. The van der Waals surface area contributed by atoms with Crippen LogP contribution in [-0.2, 0) is 25.1 Å². The maximum Gasteiger partial charge on any atom is 0.379 e. The number of piperazine rings is 1. The van der Waals surface area contributed by atoms with Gasteiger partial charge in [0.1, 0.15) is 11.4 Å². The molecule has 2 N–H and O–H groups in total. The molecule has 212 valence electrons. The predicted molar refractivity (Wildman–Crippen MR) is 158 cm³/mol. The van der Waals surface area contributed by atoms with E-state index < -0.39 is 11.5 Å². The first-order chi connectivity index (χ1) is 19.5. The van der Waals surface area contributed by atoms with E-state index in [0.717, 1.165) is 61.1 Å². The first-order valence-electron chi connectivity index (χ1n) is 13.5. The summed E-state index contributed by atoms with van der Waals surface area (Å²) in [7, 11) is 0. The molecule has 1 aliphatic carbocycles. The number of aromatic hydroxyl groups is 1. The molecule has 0 bridgehead atoms. The molecule has 3 unspecified atom stereocenters. The van der Waals surface area contributed by atoms with Crippen molar-refractivity contribution in [1.29, 1.82) is 0 Å². The summed E-state index contributed by atoms with van der Waals surface area (Å²) < 4.78 is 28.8. The maximum atomic E-state index is 10.4. The van der Waals surface area contributed by atoms with Gasteiger partial charge in [0.15, 0.2) is 18.6 Å². The molecule has 0 amide bonds. The predicted octanol–water partition coefficient (Wildman–Crippen LogP) is 5.36. The fourth-order valence-electron chi connectivity index (χ4n) is 5.15. The SMILES string of the molecule is Oc1ccccc1SC[S+](O)OCN1CCN(C2=C(OC3CCCC3)C3OC3N(c3cccc(Cl)c3)[N+]#C2)CC1. The van der Waals surface area contributed by atoms with Crippen molar-refractivity contribution in [3.8, 4) is 11.8 Å². The van der Waals surface area contributed by atoms with E-state index in [9.17, 15) is 9.66 Å². The van der Waals surface area contributed by atoms with Gasteiger partial charge in [-0.05, 0) is 61.0 Å². The third-order valence-electron chi connectivity index (χ3n) is 7.37. The standard InChI is InChI=1S/C28H32ClN4O5S2/c29-20-6-5-7-21(16-20)33-28-27(38-28)26(37-22-8-1-2-9-22)23(17-30-33)32-14-12-31(13-15-32)18-36-40(35)19-39-25-11-4-3-10-24(25)34/h3-7,10-11,16,22,27-28,35H,1-2,8-9,12-15,18-19H2/q+1/p+1. The highest BCUT2D eigenvalue weighted by molar-refractivity contribution is 8.11. The van der Waals surface area contributed by atoms with Gasteiger partial charge >= 0.3 is 17.5 Å². The van der Waals surface area contributed by atoms with Crippen LogP contribution in [0.5, 0.6) is 5.75 Å². The van der Waals surface area contributed by atoms with Crippen molar-refractivity contribution in [3.05, 3.63) is 70.0 Å². The van der Waals surface area contributed by atoms with Gasteiger partial charge in [0.25, 0.3) is 0 Å². The highest BCUT2D eigenvalue weighted by atomic mass is 35.5. The van der Waals surface area contributed by atoms with Crippen LogP contribution in [0.4, 0.5) is 5.69 Å². The summed E-state index contributed by atoms with van der Waals surface area (Å²) in [5.41, 5.74) is 1.71. The number of phenols is 1. The third-order valence-corrected chi connectivity index (χ3v) is 9.92. The van der Waals surface area contributed by atoms with Crippen molar-refractivity contribution in [2.45, 2.75) is 49.0 Å². The van der Waals surface area contributed by atoms with Crippen LogP contribution in [0.25, 0.3) is 4.95 Å². The largest absolute Gasteiger partial charge is 0.507 e. The number of benzene rings is 2. The Hall–Kier alpha value is -2.30. The summed E-state index contributed by atoms with van der Waals surface area (Å²) in [6.07, 6.45) is 4.23. The Morgan fingerprint density at radius 3 is 2.67 bits per heavy atom. The van der Waals surface area contributed by atoms with Gasteiger partial charge in [0.05, 0.1) is 16.0 Å². The van der Waals surface area contributed by atoms with Crippen molar-refractivity contribution in [2.24, 2.45) is 0 Å². The summed E-state index contributed by atoms with van der Waals surface area (Å²) in [5, 5.41) is 12.8. The molecule has 2 aromatic carbocycles. The number of allylic oxidation sites excluding steroid dienone is 1. The molecule has 40 heavy (non-hydrogen) atoms. The summed E-state index contributed by atoms with van der Waals surface area (Å²) in [5.74, 6) is 1.04. The van der Waals surface area contributed by atoms with Gasteiger partial charge in [-0.25, -0.2) is 0 Å². The minimum Gasteiger partial charge on any atom is -0.507 e. The van der Waals surface area contributed by atoms with E-state index in [-0.39, 0.29) is 24.2 Å². The number of nitrogens with zero attached hydrogens (tertiary/aromatic N) is 4. The van der Waals surface area contributed by atoms with Crippen molar-refractivity contribution in [2.75, 3.05) is 43.0 Å². The lowest BCUT2D eigenvalue weighted by molar-refractivity contribution is 0.0722. The van der Waals surface area contributed by atoms with E-state index in [0.29, 0.717) is 16.8 Å². The molecule has 2 aromatic rings. The first kappa shape index (κ1) is 27.8. The molecule has 0 aromatic heterocycles. The monoisotopic (exact) mass is 604 g/mol. The van der Waals surface area contributed by atoms with Gasteiger partial charge in [0, 0.05) is 31.2 Å². The van der Waals surface area contributed by atoms with E-state index in [2.05, 4.69) is 15.9 Å². The lowest BCUT2D eigenvalue weighted by Crippen LogP contribution is -2.47. The molecule has 4 aliphatic rings. The average molecular weight is 605 g/mol. The topological polar surface area (TPSA) is 85.5 Å². The lowest BCUT2D eigenvalue weighted by Gasteiger charge is -2.34. The van der Waals surface area contributed by atoms with Crippen molar-refractivity contribution in [3.63, 3.8) is 0 Å². The van der Waals surface area contributed by atoms with Crippen LogP contribution in [0.15, 0.2) is 64.9 Å². The zero-order valence-corrected chi connectivity index (χ0v) is 24.4. The summed E-state index contributed by atoms with van der Waals surface area (Å²) in [4.78, 5) is 9.87. The maximum absolute atomic E-state index is 10.4. The summed E-state index contributed by atoms with van der Waals surface area (Å²) in [6.45, 7) is 3.36. The number of anilines is 1. The van der Waals surface area contributed by atoms with Gasteiger partial charge < -0.3 is 19.5 Å². The second-order valence-electron chi connectivity index (χ2n) is 10.1. The molecule has 6 rings (SSSR count). The van der Waals surface area contributed by atoms with Crippen LogP contribution in [-0.4, -0.2) is 75.9 Å². The summed E-state index contributed by atoms with van der Waals surface area (Å²) >= 11 is 6.41. The third kappa shape index (κ3) is 6.60. The molecule has 1 saturated carbocycles. The number of thioether (sulfide) groups is 1. The molecular weight excluding hydrogens is 572 g/mol. The molecule has 12 heteroatoms. The van der Waals surface area contributed by atoms with E-state index in [4.69, 9.17) is 30.2 Å². The van der Waals surface area contributed by atoms with Crippen molar-refractivity contribution in [1.82, 2.24) is 9.80 Å². The zero-order valence-electron chi connectivity index (χ0n) is 22.0. The second-order valence-corrected chi connectivity index (χ2v) is 13.1. The van der Waals surface area contributed by atoms with Gasteiger partial charge in [-0.15, -0.1) is 4.18 Å². The van der Waals surface area contributed by atoms with Crippen LogP contribution in [0, 0.1) is 6.07 Å². The second kappa shape index (κ2) is 12.7. The molecule has 2 saturated heterocycles. The first-order valence-corrected chi connectivity index (χ1v) is 16.2. The number of halogens is 1. The van der Waals surface area contributed by atoms with Gasteiger partial charge in [-0.3, -0.25) is 4.90 Å². The highest BCUT2D eigenvalue weighted by Crippen LogP contribution is 2.42. The smallest absolute Gasteiger partial charge is 0.379 e. The number of rotatable bonds is 10. The number of hydrogen-bond donors (Lipinski definition) is 2. The fraction of sp³-hybridized carbons (Fsp3) is 0.464. The van der Waals surface area contributed by atoms with E-state index in [1.54, 1.807) is 12.1 Å². The van der Waals surface area contributed by atoms with Gasteiger partial charge in [-0.2, -0.15) is 4.55 Å². The van der Waals surface area contributed by atoms with E-state index in [1.165, 1.54) is 24.6 Å². The molecule has 0 radical (unpaired) electrons. The Kier molecular flexibility index (Phi) is 8.84. The molecule has 3 atom stereocenters. The molecule has 3 heterocycles. The van der Waals surface area contributed by atoms with Crippen LogP contribution >= 0.6 is 23.4 Å². The van der Waals surface area contributed by atoms with Crippen LogP contribution in [0.2, 0.25) is 5.02 Å². The number of epoxide rings is 1. The Morgan fingerprint density at radius 1 is 1.10 bits per heavy atom. The Balaban J connectivity index is 1.08. The minimum absolute atomic E-state index is 0.196. The summed E-state index contributed by atoms with van der Waals surface area (Å²) in [6, 6.07) is 18.0. The number of phenolic OH excluding ortho intramolecular Hbond substituents is 1. The number of para-hydroxylation sites is 1. The van der Waals surface area contributed by atoms with Crippen LogP contribution in [0.1, 0.15) is 25.7 Å². The molecule has 0 spiro atoms. The molecule has 9 nitrogen and oxygen atoms in total. The number of fused-ring (bicyclic) bond motifs is 1. The minimum atomic E-state index is -1.22. The molecule has 3 aliphatic heterocycles.